The number of ether oxygens (including phenoxy) is 3. The molecule has 1 aromatic heterocycles. The van der Waals surface area contributed by atoms with Gasteiger partial charge >= 0.3 is 6.18 Å². The van der Waals surface area contributed by atoms with E-state index >= 15 is 0 Å². The summed E-state index contributed by atoms with van der Waals surface area (Å²) in [6.45, 7) is 0.281. The molecule has 10 heteroatoms. The maximum Gasteiger partial charge on any atom is 0.433 e. The molecule has 150 valence electrons. The molecule has 2 bridgehead atoms. The Morgan fingerprint density at radius 3 is 2.64 bits per heavy atom. The third-order valence-corrected chi connectivity index (χ3v) is 5.77. The number of aliphatic hydroxyl groups excluding tert-OH is 1. The molecule has 2 saturated heterocycles. The van der Waals surface area contributed by atoms with Crippen LogP contribution < -0.4 is 4.74 Å². The first kappa shape index (κ1) is 19.4. The molecule has 6 nitrogen and oxygen atoms in total. The average Bonchev–Trinajstić information content (AvgIpc) is 3.11. The highest BCUT2D eigenvalue weighted by Gasteiger charge is 2.44. The minimum Gasteiger partial charge on any atom is -0.497 e. The summed E-state index contributed by atoms with van der Waals surface area (Å²) in [5, 5.41) is 9.69. The van der Waals surface area contributed by atoms with Crippen molar-refractivity contribution in [2.24, 2.45) is 0 Å². The van der Waals surface area contributed by atoms with Gasteiger partial charge in [0, 0.05) is 10.8 Å². The number of methoxy groups -OCH3 is 1. The van der Waals surface area contributed by atoms with Crippen molar-refractivity contribution in [1.82, 2.24) is 9.97 Å². The van der Waals surface area contributed by atoms with Crippen LogP contribution in [0.1, 0.15) is 12.1 Å². The molecule has 4 rings (SSSR count). The van der Waals surface area contributed by atoms with E-state index in [4.69, 9.17) is 14.2 Å². The fraction of sp³-hybridized carbons (Fsp3) is 0.444. The number of rotatable bonds is 4. The zero-order chi connectivity index (χ0) is 19.9. The van der Waals surface area contributed by atoms with Crippen LogP contribution in [0.15, 0.2) is 35.5 Å². The summed E-state index contributed by atoms with van der Waals surface area (Å²) in [5.74, 6) is 0.590. The van der Waals surface area contributed by atoms with Crippen LogP contribution in [0.2, 0.25) is 0 Å². The summed E-state index contributed by atoms with van der Waals surface area (Å²) in [6, 6.07) is 7.50. The minimum absolute atomic E-state index is 0.0215. The molecular formula is C18H17F3N2O4S. The smallest absolute Gasteiger partial charge is 0.433 e. The summed E-state index contributed by atoms with van der Waals surface area (Å²) in [7, 11) is 1.51. The molecule has 2 aliphatic rings. The van der Waals surface area contributed by atoms with E-state index < -0.39 is 24.3 Å². The van der Waals surface area contributed by atoms with Crippen LogP contribution in [-0.4, -0.2) is 52.5 Å². The van der Waals surface area contributed by atoms with Crippen LogP contribution in [0, 0.1) is 0 Å². The number of nitrogens with zero attached hydrogens (tertiary/aromatic N) is 2. The Kier molecular flexibility index (Phi) is 5.21. The lowest BCUT2D eigenvalue weighted by Crippen LogP contribution is -2.40. The van der Waals surface area contributed by atoms with Gasteiger partial charge in [0.15, 0.2) is 11.4 Å². The van der Waals surface area contributed by atoms with Gasteiger partial charge in [-0.05, 0) is 36.8 Å². The summed E-state index contributed by atoms with van der Waals surface area (Å²) in [5.41, 5.74) is -0.348. The van der Waals surface area contributed by atoms with E-state index in [0.29, 0.717) is 17.7 Å². The van der Waals surface area contributed by atoms with E-state index in [1.165, 1.54) is 7.11 Å². The third kappa shape index (κ3) is 3.95. The Hall–Kier alpha value is -1.88. The number of hydrogen-bond acceptors (Lipinski definition) is 7. The van der Waals surface area contributed by atoms with Crippen molar-refractivity contribution in [1.29, 1.82) is 0 Å². The second kappa shape index (κ2) is 7.51. The number of fused-ring (bicyclic) bond motifs is 2. The first-order valence-corrected chi connectivity index (χ1v) is 9.44. The molecule has 1 aromatic carbocycles. The van der Waals surface area contributed by atoms with E-state index in [0.717, 1.165) is 17.8 Å². The van der Waals surface area contributed by atoms with Gasteiger partial charge in [-0.2, -0.15) is 13.2 Å². The van der Waals surface area contributed by atoms with Crippen LogP contribution in [-0.2, 0) is 15.7 Å². The summed E-state index contributed by atoms with van der Waals surface area (Å²) >= 11 is 1.06. The Morgan fingerprint density at radius 2 is 1.96 bits per heavy atom. The van der Waals surface area contributed by atoms with Crippen LogP contribution >= 0.6 is 11.8 Å². The van der Waals surface area contributed by atoms with Gasteiger partial charge in [-0.3, -0.25) is 0 Å². The Morgan fingerprint density at radius 1 is 1.21 bits per heavy atom. The minimum atomic E-state index is -4.61. The van der Waals surface area contributed by atoms with Crippen molar-refractivity contribution in [3.63, 3.8) is 0 Å². The number of alkyl halides is 3. The van der Waals surface area contributed by atoms with Crippen LogP contribution in [0.5, 0.6) is 5.75 Å². The quantitative estimate of drug-likeness (QED) is 0.771. The first-order chi connectivity index (χ1) is 13.3. The number of benzene rings is 1. The molecule has 1 N–H and O–H groups in total. The van der Waals surface area contributed by atoms with Crippen molar-refractivity contribution >= 4 is 11.8 Å². The van der Waals surface area contributed by atoms with Crippen molar-refractivity contribution in [3.05, 3.63) is 36.0 Å². The van der Waals surface area contributed by atoms with E-state index in [2.05, 4.69) is 9.97 Å². The summed E-state index contributed by atoms with van der Waals surface area (Å²) < 4.78 is 56.1. The Balaban J connectivity index is 1.66. The molecule has 0 aliphatic carbocycles. The predicted molar refractivity (Wildman–Crippen MR) is 93.9 cm³/mol. The molecule has 2 aliphatic heterocycles. The van der Waals surface area contributed by atoms with Gasteiger partial charge in [-0.15, -0.1) is 0 Å². The number of thioether (sulfide) groups is 1. The molecule has 2 fully saturated rings. The van der Waals surface area contributed by atoms with Crippen molar-refractivity contribution in [2.75, 3.05) is 13.7 Å². The number of hydrogen-bond donors (Lipinski definition) is 1. The van der Waals surface area contributed by atoms with Gasteiger partial charge in [-0.1, -0.05) is 11.8 Å². The molecule has 0 spiro atoms. The number of aliphatic hydroxyl groups is 1. The SMILES string of the molecule is COc1ccc(-c2cc(C(F)(F)F)nc(S[C@@H]3C[C@@H](O)[C@H]4OC[C@H]3O4)n2)cc1. The van der Waals surface area contributed by atoms with Crippen molar-refractivity contribution in [3.8, 4) is 17.0 Å². The zero-order valence-corrected chi connectivity index (χ0v) is 15.5. The molecule has 4 atom stereocenters. The van der Waals surface area contributed by atoms with E-state index in [1.54, 1.807) is 24.3 Å². The maximum absolute atomic E-state index is 13.4. The summed E-state index contributed by atoms with van der Waals surface area (Å²) in [4.78, 5) is 8.00. The van der Waals surface area contributed by atoms with Crippen LogP contribution in [0.25, 0.3) is 11.3 Å². The highest BCUT2D eigenvalue weighted by atomic mass is 32.2. The van der Waals surface area contributed by atoms with Gasteiger partial charge in [0.25, 0.3) is 0 Å². The van der Waals surface area contributed by atoms with Gasteiger partial charge in [0.2, 0.25) is 0 Å². The maximum atomic E-state index is 13.4. The van der Waals surface area contributed by atoms with E-state index in [1.807, 2.05) is 0 Å². The van der Waals surface area contributed by atoms with Crippen molar-refractivity contribution < 1.29 is 32.5 Å². The molecule has 3 heterocycles. The fourth-order valence-electron chi connectivity index (χ4n) is 3.13. The molecule has 0 radical (unpaired) electrons. The third-order valence-electron chi connectivity index (χ3n) is 4.57. The topological polar surface area (TPSA) is 73.7 Å². The molecule has 2 aromatic rings. The fourth-order valence-corrected chi connectivity index (χ4v) is 4.29. The van der Waals surface area contributed by atoms with Crippen LogP contribution in [0.4, 0.5) is 13.2 Å². The zero-order valence-electron chi connectivity index (χ0n) is 14.7. The highest BCUT2D eigenvalue weighted by molar-refractivity contribution is 7.99. The lowest BCUT2D eigenvalue weighted by Gasteiger charge is -2.30. The summed E-state index contributed by atoms with van der Waals surface area (Å²) in [6.07, 6.45) is -6.09. The average molecular weight is 414 g/mol. The molecule has 28 heavy (non-hydrogen) atoms. The molecule has 0 unspecified atom stereocenters. The Labute approximate surface area is 163 Å². The standard InChI is InChI=1S/C18H17F3N2O4S/c1-25-10-4-2-9(3-5-10)11-6-15(18(19,20)21)23-17(22-11)28-14-7-12(24)16-26-8-13(14)27-16/h2-6,12-14,16,24H,7-8H2,1H3/t12-,13-,14-,16+/m1/s1. The largest absolute Gasteiger partial charge is 0.497 e. The monoisotopic (exact) mass is 414 g/mol. The van der Waals surface area contributed by atoms with Gasteiger partial charge in [0.05, 0.1) is 25.5 Å². The molecular weight excluding hydrogens is 397 g/mol. The van der Waals surface area contributed by atoms with Crippen molar-refractivity contribution in [2.45, 2.75) is 41.5 Å². The van der Waals surface area contributed by atoms with Crippen LogP contribution in [0.3, 0.4) is 0 Å². The van der Waals surface area contributed by atoms with Gasteiger partial charge in [0.1, 0.15) is 17.5 Å². The molecule has 0 saturated carbocycles. The van der Waals surface area contributed by atoms with Gasteiger partial charge in [-0.25, -0.2) is 9.97 Å². The van der Waals surface area contributed by atoms with Gasteiger partial charge < -0.3 is 19.3 Å². The Bertz CT molecular complexity index is 850. The highest BCUT2D eigenvalue weighted by Crippen LogP contribution is 2.39. The van der Waals surface area contributed by atoms with E-state index in [9.17, 15) is 18.3 Å². The van der Waals surface area contributed by atoms with E-state index in [-0.39, 0.29) is 28.8 Å². The first-order valence-electron chi connectivity index (χ1n) is 8.56. The normalized spacial score (nSPS) is 27.0. The number of aromatic nitrogens is 2. The molecule has 0 amide bonds. The second-order valence-corrected chi connectivity index (χ2v) is 7.69. The number of halogens is 3. The lowest BCUT2D eigenvalue weighted by molar-refractivity contribution is -0.150. The second-order valence-electron chi connectivity index (χ2n) is 6.48. The lowest BCUT2D eigenvalue weighted by atomic mass is 10.1. The predicted octanol–water partition coefficient (Wildman–Crippen LogP) is 3.14.